The van der Waals surface area contributed by atoms with Gasteiger partial charge in [0.05, 0.1) is 25.2 Å². The van der Waals surface area contributed by atoms with Crippen LogP contribution in [0.2, 0.25) is 0 Å². The van der Waals surface area contributed by atoms with Gasteiger partial charge in [0.25, 0.3) is 0 Å². The van der Waals surface area contributed by atoms with E-state index in [4.69, 9.17) is 4.74 Å². The molecule has 3 heteroatoms. The van der Waals surface area contributed by atoms with Crippen LogP contribution >= 0.6 is 7.26 Å². The van der Waals surface area contributed by atoms with Crippen LogP contribution in [0.3, 0.4) is 0 Å². The molecule has 0 bridgehead atoms. The maximum Gasteiger partial charge on any atom is 0.222 e. The molecule has 3 unspecified atom stereocenters. The van der Waals surface area contributed by atoms with Crippen molar-refractivity contribution in [2.75, 3.05) is 13.8 Å². The second kappa shape index (κ2) is 5.45. The third kappa shape index (κ3) is 3.05. The van der Waals surface area contributed by atoms with Crippen molar-refractivity contribution in [3.63, 3.8) is 0 Å². The summed E-state index contributed by atoms with van der Waals surface area (Å²) in [5, 5.41) is 0. The molecule has 1 heterocycles. The molecule has 0 N–H and O–H groups in total. The van der Waals surface area contributed by atoms with Crippen molar-refractivity contribution in [2.45, 2.75) is 71.5 Å². The lowest BCUT2D eigenvalue weighted by atomic mass is 9.85. The SMILES string of the molecule is COC(C=O)[P+]1(C)C(C(C)(C)C)CCC1C(C)(C)C. The number of rotatable bonds is 3. The molecule has 0 aromatic carbocycles. The molecule has 1 rings (SSSR count). The number of hydrogen-bond acceptors (Lipinski definition) is 2. The molecule has 0 aliphatic carbocycles. The van der Waals surface area contributed by atoms with Gasteiger partial charge in [-0.3, -0.25) is 4.79 Å². The smallest absolute Gasteiger partial charge is 0.222 e. The van der Waals surface area contributed by atoms with Crippen LogP contribution in [0, 0.1) is 10.8 Å². The Bertz CT molecular complexity index is 303. The van der Waals surface area contributed by atoms with Gasteiger partial charge in [-0.15, -0.1) is 0 Å². The van der Waals surface area contributed by atoms with Gasteiger partial charge in [-0.05, 0) is 23.7 Å². The third-order valence-electron chi connectivity index (χ3n) is 4.96. The lowest BCUT2D eigenvalue weighted by Gasteiger charge is -2.43. The van der Waals surface area contributed by atoms with Gasteiger partial charge in [0, 0.05) is 7.11 Å². The van der Waals surface area contributed by atoms with Crippen LogP contribution < -0.4 is 0 Å². The van der Waals surface area contributed by atoms with E-state index >= 15 is 0 Å². The van der Waals surface area contributed by atoms with Crippen LogP contribution in [0.1, 0.15) is 54.4 Å². The van der Waals surface area contributed by atoms with E-state index in [1.54, 1.807) is 7.11 Å². The molecule has 19 heavy (non-hydrogen) atoms. The highest BCUT2D eigenvalue weighted by molar-refractivity contribution is 7.78. The second-order valence-electron chi connectivity index (χ2n) is 8.33. The van der Waals surface area contributed by atoms with Crippen LogP contribution in [0.15, 0.2) is 0 Å². The zero-order valence-electron chi connectivity index (χ0n) is 14.0. The topological polar surface area (TPSA) is 26.3 Å². The van der Waals surface area contributed by atoms with Crippen molar-refractivity contribution in [2.24, 2.45) is 10.8 Å². The van der Waals surface area contributed by atoms with Gasteiger partial charge >= 0.3 is 0 Å². The van der Waals surface area contributed by atoms with E-state index in [9.17, 15) is 4.79 Å². The molecule has 0 saturated carbocycles. The maximum atomic E-state index is 11.6. The second-order valence-corrected chi connectivity index (χ2v) is 12.5. The van der Waals surface area contributed by atoms with Crippen LogP contribution in [-0.2, 0) is 9.53 Å². The van der Waals surface area contributed by atoms with Crippen molar-refractivity contribution in [1.82, 2.24) is 0 Å². The number of carbonyl (C=O) groups excluding carboxylic acids is 1. The average molecular weight is 287 g/mol. The summed E-state index contributed by atoms with van der Waals surface area (Å²) in [5.74, 6) is -0.191. The van der Waals surface area contributed by atoms with Crippen LogP contribution in [0.4, 0.5) is 0 Å². The normalized spacial score (nSPS) is 34.3. The van der Waals surface area contributed by atoms with Crippen molar-refractivity contribution >= 4 is 13.5 Å². The Morgan fingerprint density at radius 1 is 1.05 bits per heavy atom. The minimum absolute atomic E-state index is 0.191. The van der Waals surface area contributed by atoms with Crippen molar-refractivity contribution in [1.29, 1.82) is 0 Å². The van der Waals surface area contributed by atoms with E-state index in [0.717, 1.165) is 6.29 Å². The molecule has 1 aliphatic rings. The standard InChI is InChI=1S/C16H32O2P/c1-15(2,3)12-9-10-13(16(4,5)6)19(12,8)14(11-17)18-7/h11-14H,9-10H2,1-8H3/q+1. The first-order chi connectivity index (χ1) is 8.49. The first kappa shape index (κ1) is 17.1. The molecule has 112 valence electrons. The average Bonchev–Trinajstić information content (AvgIpc) is 2.57. The molecule has 2 nitrogen and oxygen atoms in total. The lowest BCUT2D eigenvalue weighted by Crippen LogP contribution is -2.38. The Balaban J connectivity index is 3.29. The number of ether oxygens (including phenoxy) is 1. The number of methoxy groups -OCH3 is 1. The lowest BCUT2D eigenvalue weighted by molar-refractivity contribution is -0.112. The number of aldehydes is 1. The first-order valence-electron chi connectivity index (χ1n) is 7.33. The van der Waals surface area contributed by atoms with Crippen LogP contribution in [-0.4, -0.2) is 37.2 Å². The highest BCUT2D eigenvalue weighted by Crippen LogP contribution is 2.79. The summed E-state index contributed by atoms with van der Waals surface area (Å²) in [6.07, 6.45) is 3.55. The zero-order chi connectivity index (χ0) is 15.1. The number of carbonyl (C=O) groups is 1. The van der Waals surface area contributed by atoms with Crippen molar-refractivity contribution in [3.05, 3.63) is 0 Å². The molecule has 1 aliphatic heterocycles. The molecule has 0 aromatic rings. The van der Waals surface area contributed by atoms with Crippen LogP contribution in [0.5, 0.6) is 0 Å². The Morgan fingerprint density at radius 2 is 1.42 bits per heavy atom. The summed E-state index contributed by atoms with van der Waals surface area (Å²) in [6.45, 7) is 16.3. The van der Waals surface area contributed by atoms with E-state index in [-0.39, 0.29) is 16.7 Å². The molecule has 1 fully saturated rings. The van der Waals surface area contributed by atoms with Gasteiger partial charge in [-0.2, -0.15) is 0 Å². The van der Waals surface area contributed by atoms with Gasteiger partial charge in [-0.1, -0.05) is 41.5 Å². The minimum Gasteiger partial charge on any atom is -0.341 e. The summed E-state index contributed by atoms with van der Waals surface area (Å²) in [7, 11) is 0.213. The molecule has 3 atom stereocenters. The zero-order valence-corrected chi connectivity index (χ0v) is 14.9. The van der Waals surface area contributed by atoms with E-state index < -0.39 is 7.26 Å². The van der Waals surface area contributed by atoms with E-state index in [1.165, 1.54) is 12.8 Å². The first-order valence-corrected chi connectivity index (χ1v) is 9.77. The van der Waals surface area contributed by atoms with Crippen molar-refractivity contribution < 1.29 is 9.53 Å². The minimum atomic E-state index is -1.48. The predicted octanol–water partition coefficient (Wildman–Crippen LogP) is 4.43. The Morgan fingerprint density at radius 3 is 1.63 bits per heavy atom. The van der Waals surface area contributed by atoms with Crippen LogP contribution in [0.25, 0.3) is 0 Å². The van der Waals surface area contributed by atoms with E-state index in [1.807, 2.05) is 0 Å². The molecule has 0 aromatic heterocycles. The van der Waals surface area contributed by atoms with E-state index in [0.29, 0.717) is 11.3 Å². The third-order valence-corrected chi connectivity index (χ3v) is 11.1. The Hall–Kier alpha value is 0.0600. The highest BCUT2D eigenvalue weighted by atomic mass is 31.2. The molecule has 0 spiro atoms. The molecular weight excluding hydrogens is 255 g/mol. The fraction of sp³-hybridized carbons (Fsp3) is 0.938. The Labute approximate surface area is 120 Å². The predicted molar refractivity (Wildman–Crippen MR) is 85.4 cm³/mol. The molecule has 0 radical (unpaired) electrons. The largest absolute Gasteiger partial charge is 0.341 e. The summed E-state index contributed by atoms with van der Waals surface area (Å²) in [4.78, 5) is 11.6. The van der Waals surface area contributed by atoms with Gasteiger partial charge in [0.1, 0.15) is 0 Å². The highest BCUT2D eigenvalue weighted by Gasteiger charge is 2.64. The van der Waals surface area contributed by atoms with Gasteiger partial charge in [0.2, 0.25) is 5.85 Å². The van der Waals surface area contributed by atoms with E-state index in [2.05, 4.69) is 48.2 Å². The summed E-state index contributed by atoms with van der Waals surface area (Å²) in [5.41, 5.74) is 1.75. The number of hydrogen-bond donors (Lipinski definition) is 0. The van der Waals surface area contributed by atoms with Gasteiger partial charge in [-0.25, -0.2) is 0 Å². The molecule has 1 saturated heterocycles. The summed E-state index contributed by atoms with van der Waals surface area (Å²) in [6, 6.07) is 0. The van der Waals surface area contributed by atoms with Gasteiger partial charge in [0.15, 0.2) is 6.29 Å². The fourth-order valence-electron chi connectivity index (χ4n) is 4.39. The molecule has 0 amide bonds. The van der Waals surface area contributed by atoms with Crippen molar-refractivity contribution in [3.8, 4) is 0 Å². The fourth-order valence-corrected chi connectivity index (χ4v) is 11.0. The quantitative estimate of drug-likeness (QED) is 0.567. The summed E-state index contributed by atoms with van der Waals surface area (Å²) < 4.78 is 5.62. The Kier molecular flexibility index (Phi) is 4.91. The monoisotopic (exact) mass is 287 g/mol. The molecular formula is C16H32O2P+. The summed E-state index contributed by atoms with van der Waals surface area (Å²) >= 11 is 0. The van der Waals surface area contributed by atoms with Gasteiger partial charge < -0.3 is 4.74 Å². The maximum absolute atomic E-state index is 11.6.